The summed E-state index contributed by atoms with van der Waals surface area (Å²) in [6.45, 7) is 2.25. The smallest absolute Gasteiger partial charge is 0.321 e. The van der Waals surface area contributed by atoms with Gasteiger partial charge in [0.25, 0.3) is 0 Å². The van der Waals surface area contributed by atoms with Gasteiger partial charge in [0, 0.05) is 36.5 Å². The highest BCUT2D eigenvalue weighted by atomic mass is 35.5. The second-order valence-corrected chi connectivity index (χ2v) is 8.88. The highest BCUT2D eigenvalue weighted by Gasteiger charge is 2.23. The van der Waals surface area contributed by atoms with E-state index in [0.29, 0.717) is 16.9 Å². The first-order valence-electron chi connectivity index (χ1n) is 11.5. The lowest BCUT2D eigenvalue weighted by molar-refractivity contribution is 0.175. The maximum absolute atomic E-state index is 12.7. The number of likely N-dealkylation sites (tertiary alicyclic amines) is 1. The van der Waals surface area contributed by atoms with Gasteiger partial charge in [-0.2, -0.15) is 4.98 Å². The van der Waals surface area contributed by atoms with Gasteiger partial charge in [-0.1, -0.05) is 23.7 Å². The topological polar surface area (TPSA) is 88.0 Å². The molecule has 0 radical (unpaired) electrons. The molecule has 2 amide bonds. The number of anilines is 2. The Kier molecular flexibility index (Phi) is 6.58. The Hall–Kier alpha value is -3.65. The zero-order chi connectivity index (χ0) is 23.3. The zero-order valence-electron chi connectivity index (χ0n) is 18.7. The summed E-state index contributed by atoms with van der Waals surface area (Å²) in [6, 6.07) is 16.9. The molecule has 1 aliphatic rings. The van der Waals surface area contributed by atoms with Crippen molar-refractivity contribution < 1.29 is 4.79 Å². The van der Waals surface area contributed by atoms with Gasteiger partial charge < -0.3 is 15.5 Å². The number of aromatic nitrogens is 4. The van der Waals surface area contributed by atoms with Crippen LogP contribution in [0.25, 0.3) is 16.9 Å². The monoisotopic (exact) mass is 475 g/mol. The van der Waals surface area contributed by atoms with E-state index in [4.69, 9.17) is 11.6 Å². The van der Waals surface area contributed by atoms with Gasteiger partial charge in [-0.3, -0.25) is 4.57 Å². The SMILES string of the molecule is O=C(Nc1ccc(Cl)cc1)N1CCCC(CCNc2nccc(-n3cnc4ccccc43)n2)C1. The van der Waals surface area contributed by atoms with Crippen LogP contribution < -0.4 is 10.6 Å². The molecule has 8 nitrogen and oxygen atoms in total. The zero-order valence-corrected chi connectivity index (χ0v) is 19.4. The molecular formula is C25H26ClN7O. The lowest BCUT2D eigenvalue weighted by atomic mass is 9.95. The molecule has 0 spiro atoms. The summed E-state index contributed by atoms with van der Waals surface area (Å²) < 4.78 is 1.96. The van der Waals surface area contributed by atoms with Crippen LogP contribution >= 0.6 is 11.6 Å². The highest BCUT2D eigenvalue weighted by Crippen LogP contribution is 2.22. The van der Waals surface area contributed by atoms with E-state index >= 15 is 0 Å². The van der Waals surface area contributed by atoms with Crippen molar-refractivity contribution in [2.75, 3.05) is 30.3 Å². The minimum absolute atomic E-state index is 0.0661. The predicted molar refractivity (Wildman–Crippen MR) is 135 cm³/mol. The number of piperidine rings is 1. The maximum Gasteiger partial charge on any atom is 0.321 e. The molecule has 9 heteroatoms. The third-order valence-electron chi connectivity index (χ3n) is 6.08. The molecule has 34 heavy (non-hydrogen) atoms. The Bertz CT molecular complexity index is 1270. The summed E-state index contributed by atoms with van der Waals surface area (Å²) in [4.78, 5) is 28.0. The summed E-state index contributed by atoms with van der Waals surface area (Å²) in [5, 5.41) is 6.95. The standard InChI is InChI=1S/C25H26ClN7O/c26-19-7-9-20(10-8-19)30-25(34)32-15-3-4-18(16-32)11-13-27-24-28-14-12-23(31-24)33-17-29-21-5-1-2-6-22(21)33/h1-2,5-10,12,14,17-18H,3-4,11,13,15-16H2,(H,30,34)(H,27,28,31). The molecule has 2 aromatic heterocycles. The normalized spacial score (nSPS) is 15.9. The van der Waals surface area contributed by atoms with Crippen LogP contribution in [0.4, 0.5) is 16.4 Å². The number of carbonyl (C=O) groups excluding carboxylic acids is 1. The molecule has 174 valence electrons. The fraction of sp³-hybridized carbons (Fsp3) is 0.280. The van der Waals surface area contributed by atoms with Crippen molar-refractivity contribution >= 4 is 40.3 Å². The Labute approximate surface area is 203 Å². The minimum Gasteiger partial charge on any atom is -0.354 e. The number of nitrogens with one attached hydrogen (secondary N) is 2. The molecule has 2 N–H and O–H groups in total. The van der Waals surface area contributed by atoms with E-state index in [1.807, 2.05) is 51.9 Å². The Morgan fingerprint density at radius 1 is 1.09 bits per heavy atom. The number of para-hydroxylation sites is 2. The van der Waals surface area contributed by atoms with Crippen molar-refractivity contribution in [1.82, 2.24) is 24.4 Å². The fourth-order valence-corrected chi connectivity index (χ4v) is 4.45. The summed E-state index contributed by atoms with van der Waals surface area (Å²) in [6.07, 6.45) is 6.57. The fourth-order valence-electron chi connectivity index (χ4n) is 4.32. The van der Waals surface area contributed by atoms with E-state index in [2.05, 4.69) is 25.6 Å². The number of urea groups is 1. The van der Waals surface area contributed by atoms with E-state index < -0.39 is 0 Å². The Morgan fingerprint density at radius 3 is 2.82 bits per heavy atom. The van der Waals surface area contributed by atoms with Gasteiger partial charge in [-0.05, 0) is 67.6 Å². The van der Waals surface area contributed by atoms with Gasteiger partial charge in [0.05, 0.1) is 11.0 Å². The molecule has 4 aromatic rings. The average Bonchev–Trinajstić information content (AvgIpc) is 3.30. The lowest BCUT2D eigenvalue weighted by Gasteiger charge is -2.32. The van der Waals surface area contributed by atoms with Crippen molar-refractivity contribution in [2.45, 2.75) is 19.3 Å². The third-order valence-corrected chi connectivity index (χ3v) is 6.33. The third kappa shape index (κ3) is 5.12. The second kappa shape index (κ2) is 10.1. The van der Waals surface area contributed by atoms with Crippen molar-refractivity contribution in [1.29, 1.82) is 0 Å². The van der Waals surface area contributed by atoms with Crippen molar-refractivity contribution in [3.05, 3.63) is 72.1 Å². The van der Waals surface area contributed by atoms with E-state index in [1.165, 1.54) is 0 Å². The van der Waals surface area contributed by atoms with Crippen LogP contribution in [-0.2, 0) is 0 Å². The van der Waals surface area contributed by atoms with Crippen molar-refractivity contribution in [3.8, 4) is 5.82 Å². The number of halogens is 1. The highest BCUT2D eigenvalue weighted by molar-refractivity contribution is 6.30. The number of hydrogen-bond donors (Lipinski definition) is 2. The van der Waals surface area contributed by atoms with Gasteiger partial charge in [0.1, 0.15) is 12.1 Å². The van der Waals surface area contributed by atoms with Crippen LogP contribution in [0.3, 0.4) is 0 Å². The maximum atomic E-state index is 12.7. The molecule has 2 aromatic carbocycles. The van der Waals surface area contributed by atoms with E-state index in [0.717, 1.165) is 61.4 Å². The first kappa shape index (κ1) is 22.2. The van der Waals surface area contributed by atoms with Gasteiger partial charge >= 0.3 is 6.03 Å². The first-order valence-corrected chi connectivity index (χ1v) is 11.8. The molecule has 5 rings (SSSR count). The molecule has 1 saturated heterocycles. The van der Waals surface area contributed by atoms with Gasteiger partial charge in [-0.25, -0.2) is 14.8 Å². The number of benzene rings is 2. The molecule has 0 bridgehead atoms. The van der Waals surface area contributed by atoms with E-state index in [1.54, 1.807) is 24.7 Å². The van der Waals surface area contributed by atoms with E-state index in [9.17, 15) is 4.79 Å². The second-order valence-electron chi connectivity index (χ2n) is 8.45. The number of fused-ring (bicyclic) bond motifs is 1. The molecule has 3 heterocycles. The van der Waals surface area contributed by atoms with Crippen LogP contribution in [0.5, 0.6) is 0 Å². The van der Waals surface area contributed by atoms with Crippen LogP contribution in [0.2, 0.25) is 5.02 Å². The Balaban J connectivity index is 1.15. The van der Waals surface area contributed by atoms with Crippen LogP contribution in [0.15, 0.2) is 67.1 Å². The number of carbonyl (C=O) groups is 1. The molecule has 0 aliphatic carbocycles. The molecular weight excluding hydrogens is 450 g/mol. The number of hydrogen-bond acceptors (Lipinski definition) is 5. The van der Waals surface area contributed by atoms with Crippen LogP contribution in [-0.4, -0.2) is 50.1 Å². The number of amides is 2. The van der Waals surface area contributed by atoms with Crippen molar-refractivity contribution in [3.63, 3.8) is 0 Å². The summed E-state index contributed by atoms with van der Waals surface area (Å²) >= 11 is 5.92. The summed E-state index contributed by atoms with van der Waals surface area (Å²) in [5.74, 6) is 1.79. The van der Waals surface area contributed by atoms with E-state index in [-0.39, 0.29) is 6.03 Å². The predicted octanol–water partition coefficient (Wildman–Crippen LogP) is 5.22. The minimum atomic E-state index is -0.0661. The van der Waals surface area contributed by atoms with Gasteiger partial charge in [0.15, 0.2) is 0 Å². The molecule has 0 saturated carbocycles. The first-order chi connectivity index (χ1) is 16.7. The largest absolute Gasteiger partial charge is 0.354 e. The van der Waals surface area contributed by atoms with Gasteiger partial charge in [0.2, 0.25) is 5.95 Å². The molecule has 1 unspecified atom stereocenters. The quantitative estimate of drug-likeness (QED) is 0.399. The van der Waals surface area contributed by atoms with Crippen LogP contribution in [0.1, 0.15) is 19.3 Å². The van der Waals surface area contributed by atoms with Gasteiger partial charge in [-0.15, -0.1) is 0 Å². The summed E-state index contributed by atoms with van der Waals surface area (Å²) in [7, 11) is 0. The number of rotatable bonds is 6. The average molecular weight is 476 g/mol. The van der Waals surface area contributed by atoms with Crippen molar-refractivity contribution in [2.24, 2.45) is 5.92 Å². The number of imidazole rings is 1. The van der Waals surface area contributed by atoms with Crippen LogP contribution in [0, 0.1) is 5.92 Å². The summed E-state index contributed by atoms with van der Waals surface area (Å²) in [5.41, 5.74) is 2.68. The molecule has 1 aliphatic heterocycles. The number of nitrogens with zero attached hydrogens (tertiary/aromatic N) is 5. The molecule has 1 fully saturated rings. The molecule has 1 atom stereocenters. The Morgan fingerprint density at radius 2 is 1.94 bits per heavy atom. The lowest BCUT2D eigenvalue weighted by Crippen LogP contribution is -2.42.